The van der Waals surface area contributed by atoms with Crippen LogP contribution in [0.3, 0.4) is 0 Å². The summed E-state index contributed by atoms with van der Waals surface area (Å²) in [6.45, 7) is 3.60. The standard InChI is InChI=1S/C25H23F2N7O3/c1-4-37-34-25(35)17-13-30-22(33-18-6-7-21(27)31-14(18)2)12-19(17)32-20-11-15(26)10-16(23(20)36-3)24-28-8-5-9-29-24/h5-13H,4H2,1-3H3,(H,34,35)(H2,30,32,33). The van der Waals surface area contributed by atoms with Gasteiger partial charge in [0, 0.05) is 30.7 Å². The van der Waals surface area contributed by atoms with Crippen LogP contribution in [0.2, 0.25) is 0 Å². The molecule has 0 spiro atoms. The summed E-state index contributed by atoms with van der Waals surface area (Å²) in [4.78, 5) is 34.2. The number of ether oxygens (including phenoxy) is 1. The third-order valence-corrected chi connectivity index (χ3v) is 5.11. The highest BCUT2D eigenvalue weighted by atomic mass is 19.1. The summed E-state index contributed by atoms with van der Waals surface area (Å²) >= 11 is 0. The van der Waals surface area contributed by atoms with Crippen LogP contribution in [-0.4, -0.2) is 39.6 Å². The third-order valence-electron chi connectivity index (χ3n) is 5.11. The average molecular weight is 508 g/mol. The van der Waals surface area contributed by atoms with E-state index in [9.17, 15) is 13.6 Å². The summed E-state index contributed by atoms with van der Waals surface area (Å²) in [5, 5.41) is 6.10. The summed E-state index contributed by atoms with van der Waals surface area (Å²) < 4.78 is 33.7. The van der Waals surface area contributed by atoms with Crippen LogP contribution in [0.25, 0.3) is 11.4 Å². The van der Waals surface area contributed by atoms with Gasteiger partial charge < -0.3 is 15.4 Å². The van der Waals surface area contributed by atoms with Gasteiger partial charge in [0.1, 0.15) is 11.6 Å². The second kappa shape index (κ2) is 11.4. The first-order valence-electron chi connectivity index (χ1n) is 11.1. The van der Waals surface area contributed by atoms with Gasteiger partial charge in [-0.1, -0.05) is 0 Å². The Bertz CT molecular complexity index is 1420. The Morgan fingerprint density at radius 3 is 2.49 bits per heavy atom. The fourth-order valence-electron chi connectivity index (χ4n) is 3.46. The quantitative estimate of drug-likeness (QED) is 0.219. The van der Waals surface area contributed by atoms with E-state index in [2.05, 4.69) is 36.0 Å². The fraction of sp³-hybridized carbons (Fsp3) is 0.160. The van der Waals surface area contributed by atoms with Gasteiger partial charge in [-0.3, -0.25) is 9.63 Å². The number of halogens is 2. The molecule has 3 heterocycles. The zero-order chi connectivity index (χ0) is 26.4. The van der Waals surface area contributed by atoms with Crippen LogP contribution in [0.15, 0.2) is 55.0 Å². The number of hydrogen-bond acceptors (Lipinski definition) is 9. The summed E-state index contributed by atoms with van der Waals surface area (Å²) in [5.41, 5.74) is 4.13. The van der Waals surface area contributed by atoms with E-state index in [0.29, 0.717) is 22.8 Å². The van der Waals surface area contributed by atoms with E-state index in [1.807, 2.05) is 0 Å². The van der Waals surface area contributed by atoms with E-state index in [4.69, 9.17) is 9.57 Å². The van der Waals surface area contributed by atoms with Crippen molar-refractivity contribution in [1.82, 2.24) is 25.4 Å². The van der Waals surface area contributed by atoms with Crippen LogP contribution in [0.4, 0.5) is 31.7 Å². The van der Waals surface area contributed by atoms with Crippen LogP contribution in [0.5, 0.6) is 5.75 Å². The number of rotatable bonds is 9. The number of benzene rings is 1. The fourth-order valence-corrected chi connectivity index (χ4v) is 3.46. The molecule has 10 nitrogen and oxygen atoms in total. The summed E-state index contributed by atoms with van der Waals surface area (Å²) in [6, 6.07) is 8.38. The maximum atomic E-state index is 14.7. The Morgan fingerprint density at radius 2 is 1.78 bits per heavy atom. The van der Waals surface area contributed by atoms with Gasteiger partial charge in [-0.15, -0.1) is 0 Å². The molecule has 0 atom stereocenters. The number of hydrogen-bond donors (Lipinski definition) is 3. The Morgan fingerprint density at radius 1 is 1.00 bits per heavy atom. The SMILES string of the molecule is CCONC(=O)c1cnc(Nc2ccc(F)nc2C)cc1Nc1cc(F)cc(-c2ncccn2)c1OC. The second-order valence-electron chi connectivity index (χ2n) is 7.60. The number of anilines is 4. The second-order valence-corrected chi connectivity index (χ2v) is 7.60. The van der Waals surface area contributed by atoms with Gasteiger partial charge in [-0.2, -0.15) is 4.39 Å². The Balaban J connectivity index is 1.77. The minimum Gasteiger partial charge on any atom is -0.494 e. The summed E-state index contributed by atoms with van der Waals surface area (Å²) in [6.07, 6.45) is 4.38. The number of methoxy groups -OCH3 is 1. The van der Waals surface area contributed by atoms with Crippen molar-refractivity contribution in [3.05, 3.63) is 78.0 Å². The van der Waals surface area contributed by atoms with E-state index < -0.39 is 17.7 Å². The average Bonchev–Trinajstić information content (AvgIpc) is 2.89. The molecule has 1 aromatic carbocycles. The first-order valence-corrected chi connectivity index (χ1v) is 11.1. The zero-order valence-corrected chi connectivity index (χ0v) is 20.2. The van der Waals surface area contributed by atoms with Crippen molar-refractivity contribution in [2.45, 2.75) is 13.8 Å². The number of amides is 1. The molecule has 0 fully saturated rings. The molecule has 1 amide bonds. The molecule has 3 N–H and O–H groups in total. The maximum Gasteiger partial charge on any atom is 0.278 e. The highest BCUT2D eigenvalue weighted by Gasteiger charge is 2.20. The number of pyridine rings is 2. The molecular weight excluding hydrogens is 484 g/mol. The van der Waals surface area contributed by atoms with Crippen LogP contribution in [-0.2, 0) is 4.84 Å². The van der Waals surface area contributed by atoms with Crippen molar-refractivity contribution in [1.29, 1.82) is 0 Å². The highest BCUT2D eigenvalue weighted by molar-refractivity contribution is 6.00. The van der Waals surface area contributed by atoms with Gasteiger partial charge in [0.25, 0.3) is 5.91 Å². The Kier molecular flexibility index (Phi) is 7.79. The molecule has 190 valence electrons. The minimum atomic E-state index is -0.613. The summed E-state index contributed by atoms with van der Waals surface area (Å²) in [7, 11) is 1.43. The van der Waals surface area contributed by atoms with E-state index in [-0.39, 0.29) is 35.1 Å². The highest BCUT2D eigenvalue weighted by Crippen LogP contribution is 2.38. The van der Waals surface area contributed by atoms with Gasteiger partial charge in [0.15, 0.2) is 11.6 Å². The van der Waals surface area contributed by atoms with Crippen molar-refractivity contribution in [2.24, 2.45) is 0 Å². The lowest BCUT2D eigenvalue weighted by Crippen LogP contribution is -2.24. The first-order chi connectivity index (χ1) is 17.9. The van der Waals surface area contributed by atoms with E-state index in [1.54, 1.807) is 19.9 Å². The molecule has 0 aliphatic heterocycles. The molecule has 0 saturated carbocycles. The molecular formula is C25H23F2N7O3. The number of nitrogens with zero attached hydrogens (tertiary/aromatic N) is 4. The van der Waals surface area contributed by atoms with Crippen LogP contribution in [0.1, 0.15) is 23.0 Å². The number of hydroxylamine groups is 1. The lowest BCUT2D eigenvalue weighted by atomic mass is 10.1. The molecule has 4 rings (SSSR count). The Labute approximate surface area is 211 Å². The van der Waals surface area contributed by atoms with Crippen molar-refractivity contribution in [3.8, 4) is 17.1 Å². The van der Waals surface area contributed by atoms with E-state index in [1.165, 1.54) is 56.0 Å². The molecule has 4 aromatic rings. The normalized spacial score (nSPS) is 10.6. The van der Waals surface area contributed by atoms with Crippen LogP contribution < -0.4 is 20.9 Å². The van der Waals surface area contributed by atoms with Crippen LogP contribution >= 0.6 is 0 Å². The van der Waals surface area contributed by atoms with Crippen molar-refractivity contribution in [3.63, 3.8) is 0 Å². The lowest BCUT2D eigenvalue weighted by molar-refractivity contribution is 0.0365. The number of nitrogens with one attached hydrogen (secondary N) is 3. The van der Waals surface area contributed by atoms with Gasteiger partial charge >= 0.3 is 0 Å². The molecule has 0 aliphatic rings. The number of aromatic nitrogens is 4. The molecule has 37 heavy (non-hydrogen) atoms. The van der Waals surface area contributed by atoms with Gasteiger partial charge in [0.05, 0.1) is 47.6 Å². The molecule has 0 radical (unpaired) electrons. The molecule has 0 unspecified atom stereocenters. The molecule has 0 saturated heterocycles. The molecule has 0 aliphatic carbocycles. The summed E-state index contributed by atoms with van der Waals surface area (Å²) in [5.74, 6) is -0.940. The Hall–Kier alpha value is -4.71. The van der Waals surface area contributed by atoms with Gasteiger partial charge in [0.2, 0.25) is 5.95 Å². The maximum absolute atomic E-state index is 14.7. The predicted molar refractivity (Wildman–Crippen MR) is 133 cm³/mol. The van der Waals surface area contributed by atoms with Crippen LogP contribution in [0, 0.1) is 18.7 Å². The lowest BCUT2D eigenvalue weighted by Gasteiger charge is -2.18. The topological polar surface area (TPSA) is 123 Å². The zero-order valence-electron chi connectivity index (χ0n) is 20.2. The first kappa shape index (κ1) is 25.4. The molecule has 3 aromatic heterocycles. The molecule has 0 bridgehead atoms. The number of carbonyl (C=O) groups is 1. The van der Waals surface area contributed by atoms with Crippen molar-refractivity contribution in [2.75, 3.05) is 24.4 Å². The minimum absolute atomic E-state index is 0.108. The van der Waals surface area contributed by atoms with Crippen molar-refractivity contribution >= 4 is 28.8 Å². The smallest absolute Gasteiger partial charge is 0.278 e. The molecule has 12 heteroatoms. The van der Waals surface area contributed by atoms with E-state index in [0.717, 1.165) is 0 Å². The predicted octanol–water partition coefficient (Wildman–Crippen LogP) is 4.70. The van der Waals surface area contributed by atoms with Crippen molar-refractivity contribution < 1.29 is 23.1 Å². The number of aryl methyl sites for hydroxylation is 1. The third kappa shape index (κ3) is 5.93. The van der Waals surface area contributed by atoms with Gasteiger partial charge in [-0.05, 0) is 38.1 Å². The largest absolute Gasteiger partial charge is 0.494 e. The van der Waals surface area contributed by atoms with E-state index >= 15 is 0 Å². The monoisotopic (exact) mass is 507 g/mol. The number of carbonyl (C=O) groups excluding carboxylic acids is 1. The van der Waals surface area contributed by atoms with Gasteiger partial charge in [-0.25, -0.2) is 29.8 Å².